The standard InChI is InChI=1S/C14H22N2O2/c1-16-6-7-18-14(10-16)13(15)9-11-4-3-5-12(8-11)17-2/h3-5,8,13-14H,6-7,9-10,15H2,1-2H3. The Morgan fingerprint density at radius 3 is 3.11 bits per heavy atom. The minimum absolute atomic E-state index is 0.0276. The summed E-state index contributed by atoms with van der Waals surface area (Å²) in [5.74, 6) is 0.876. The molecule has 4 nitrogen and oxygen atoms in total. The van der Waals surface area contributed by atoms with Gasteiger partial charge in [0.15, 0.2) is 0 Å². The molecule has 1 fully saturated rings. The van der Waals surface area contributed by atoms with Gasteiger partial charge < -0.3 is 20.1 Å². The average Bonchev–Trinajstić information content (AvgIpc) is 2.39. The van der Waals surface area contributed by atoms with Crippen molar-refractivity contribution in [2.45, 2.75) is 18.6 Å². The predicted octanol–water partition coefficient (Wildman–Crippen LogP) is 0.896. The molecule has 2 N–H and O–H groups in total. The van der Waals surface area contributed by atoms with Crippen LogP contribution < -0.4 is 10.5 Å². The van der Waals surface area contributed by atoms with Crippen molar-refractivity contribution in [1.82, 2.24) is 4.90 Å². The zero-order valence-corrected chi connectivity index (χ0v) is 11.1. The first-order chi connectivity index (χ1) is 8.69. The van der Waals surface area contributed by atoms with E-state index in [1.165, 1.54) is 5.56 Å². The van der Waals surface area contributed by atoms with Gasteiger partial charge in [-0.1, -0.05) is 12.1 Å². The molecule has 0 bridgehead atoms. The van der Waals surface area contributed by atoms with Crippen LogP contribution in [-0.4, -0.2) is 50.9 Å². The van der Waals surface area contributed by atoms with E-state index in [0.717, 1.165) is 31.9 Å². The summed E-state index contributed by atoms with van der Waals surface area (Å²) in [6.07, 6.45) is 0.936. The lowest BCUT2D eigenvalue weighted by Gasteiger charge is -2.33. The monoisotopic (exact) mass is 250 g/mol. The summed E-state index contributed by atoms with van der Waals surface area (Å²) in [6, 6.07) is 8.08. The molecule has 0 amide bonds. The highest BCUT2D eigenvalue weighted by atomic mass is 16.5. The molecule has 2 unspecified atom stereocenters. The molecule has 2 rings (SSSR count). The molecule has 0 saturated carbocycles. The summed E-state index contributed by atoms with van der Waals surface area (Å²) < 4.78 is 11.0. The molecule has 1 heterocycles. The summed E-state index contributed by atoms with van der Waals surface area (Å²) >= 11 is 0. The van der Waals surface area contributed by atoms with Crippen LogP contribution in [0.25, 0.3) is 0 Å². The Kier molecular flexibility index (Phi) is 4.58. The third-order valence-corrected chi connectivity index (χ3v) is 3.38. The van der Waals surface area contributed by atoms with Gasteiger partial charge in [0.1, 0.15) is 5.75 Å². The fourth-order valence-electron chi connectivity index (χ4n) is 2.27. The quantitative estimate of drug-likeness (QED) is 0.862. The first-order valence-electron chi connectivity index (χ1n) is 6.37. The van der Waals surface area contributed by atoms with Crippen LogP contribution in [0.1, 0.15) is 5.56 Å². The first-order valence-corrected chi connectivity index (χ1v) is 6.37. The van der Waals surface area contributed by atoms with Gasteiger partial charge in [-0.2, -0.15) is 0 Å². The molecule has 1 aliphatic rings. The van der Waals surface area contributed by atoms with Gasteiger partial charge in [0.2, 0.25) is 0 Å². The Morgan fingerprint density at radius 2 is 2.39 bits per heavy atom. The van der Waals surface area contributed by atoms with Crippen LogP contribution in [0.15, 0.2) is 24.3 Å². The zero-order chi connectivity index (χ0) is 13.0. The number of likely N-dealkylation sites (N-methyl/N-ethyl adjacent to an activating group) is 1. The summed E-state index contributed by atoms with van der Waals surface area (Å²) in [6.45, 7) is 2.67. The molecule has 1 saturated heterocycles. The van der Waals surface area contributed by atoms with Gasteiger partial charge in [-0.25, -0.2) is 0 Å². The molecule has 0 aliphatic carbocycles. The van der Waals surface area contributed by atoms with Gasteiger partial charge in [0.05, 0.1) is 19.8 Å². The van der Waals surface area contributed by atoms with Crippen LogP contribution >= 0.6 is 0 Å². The van der Waals surface area contributed by atoms with Crippen molar-refractivity contribution in [3.63, 3.8) is 0 Å². The number of nitrogens with zero attached hydrogens (tertiary/aromatic N) is 1. The Hall–Kier alpha value is -1.10. The van der Waals surface area contributed by atoms with Crippen molar-refractivity contribution in [3.05, 3.63) is 29.8 Å². The van der Waals surface area contributed by atoms with E-state index in [9.17, 15) is 0 Å². The first kappa shape index (κ1) is 13.3. The lowest BCUT2D eigenvalue weighted by Crippen LogP contribution is -2.50. The molecule has 1 aliphatic heterocycles. The molecule has 0 spiro atoms. The fraction of sp³-hybridized carbons (Fsp3) is 0.571. The Balaban J connectivity index is 1.95. The maximum absolute atomic E-state index is 6.24. The molecular weight excluding hydrogens is 228 g/mol. The summed E-state index contributed by atoms with van der Waals surface area (Å²) in [4.78, 5) is 2.26. The van der Waals surface area contributed by atoms with Crippen LogP contribution in [-0.2, 0) is 11.2 Å². The molecular formula is C14H22N2O2. The third kappa shape index (κ3) is 3.45. The largest absolute Gasteiger partial charge is 0.497 e. The van der Waals surface area contributed by atoms with Gasteiger partial charge in [0.25, 0.3) is 0 Å². The van der Waals surface area contributed by atoms with Crippen molar-refractivity contribution in [1.29, 1.82) is 0 Å². The predicted molar refractivity (Wildman–Crippen MR) is 71.9 cm³/mol. The van der Waals surface area contributed by atoms with E-state index in [0.29, 0.717) is 0 Å². The molecule has 0 aromatic heterocycles. The Morgan fingerprint density at radius 1 is 1.56 bits per heavy atom. The minimum Gasteiger partial charge on any atom is -0.497 e. The van der Waals surface area contributed by atoms with Gasteiger partial charge in [-0.15, -0.1) is 0 Å². The minimum atomic E-state index is 0.0276. The van der Waals surface area contributed by atoms with Crippen LogP contribution in [0.2, 0.25) is 0 Å². The number of nitrogens with two attached hydrogens (primary N) is 1. The second kappa shape index (κ2) is 6.18. The number of ether oxygens (including phenoxy) is 2. The zero-order valence-electron chi connectivity index (χ0n) is 11.1. The smallest absolute Gasteiger partial charge is 0.119 e. The number of hydrogen-bond donors (Lipinski definition) is 1. The van der Waals surface area contributed by atoms with Crippen LogP contribution in [0.4, 0.5) is 0 Å². The van der Waals surface area contributed by atoms with Crippen molar-refractivity contribution in [3.8, 4) is 5.75 Å². The molecule has 1 aromatic carbocycles. The average molecular weight is 250 g/mol. The van der Waals surface area contributed by atoms with E-state index in [4.69, 9.17) is 15.2 Å². The lowest BCUT2D eigenvalue weighted by molar-refractivity contribution is -0.0319. The van der Waals surface area contributed by atoms with E-state index < -0.39 is 0 Å². The maximum atomic E-state index is 6.24. The third-order valence-electron chi connectivity index (χ3n) is 3.38. The topological polar surface area (TPSA) is 47.7 Å². The van der Waals surface area contributed by atoms with E-state index >= 15 is 0 Å². The van der Waals surface area contributed by atoms with Crippen molar-refractivity contribution in [2.24, 2.45) is 5.73 Å². The molecule has 0 radical (unpaired) electrons. The van der Waals surface area contributed by atoms with Gasteiger partial charge in [-0.3, -0.25) is 0 Å². The Bertz CT molecular complexity index is 384. The lowest BCUT2D eigenvalue weighted by atomic mass is 10.0. The van der Waals surface area contributed by atoms with Crippen LogP contribution in [0.3, 0.4) is 0 Å². The highest BCUT2D eigenvalue weighted by Gasteiger charge is 2.24. The van der Waals surface area contributed by atoms with Gasteiger partial charge in [-0.05, 0) is 31.2 Å². The van der Waals surface area contributed by atoms with Crippen molar-refractivity contribution >= 4 is 0 Å². The van der Waals surface area contributed by atoms with Crippen molar-refractivity contribution in [2.75, 3.05) is 33.9 Å². The molecule has 1 aromatic rings. The van der Waals surface area contributed by atoms with Gasteiger partial charge >= 0.3 is 0 Å². The summed E-state index contributed by atoms with van der Waals surface area (Å²) in [5.41, 5.74) is 7.43. The number of rotatable bonds is 4. The van der Waals surface area contributed by atoms with E-state index in [1.54, 1.807) is 7.11 Å². The van der Waals surface area contributed by atoms with E-state index in [-0.39, 0.29) is 12.1 Å². The fourth-order valence-corrected chi connectivity index (χ4v) is 2.27. The van der Waals surface area contributed by atoms with E-state index in [1.807, 2.05) is 18.2 Å². The molecule has 18 heavy (non-hydrogen) atoms. The Labute approximate surface area is 109 Å². The molecule has 2 atom stereocenters. The number of morpholine rings is 1. The second-order valence-corrected chi connectivity index (χ2v) is 4.89. The number of benzene rings is 1. The number of hydrogen-bond acceptors (Lipinski definition) is 4. The number of methoxy groups -OCH3 is 1. The van der Waals surface area contributed by atoms with Gasteiger partial charge in [0, 0.05) is 19.1 Å². The highest BCUT2D eigenvalue weighted by molar-refractivity contribution is 5.29. The normalized spacial score (nSPS) is 22.7. The summed E-state index contributed by atoms with van der Waals surface area (Å²) in [5, 5.41) is 0. The van der Waals surface area contributed by atoms with E-state index in [2.05, 4.69) is 18.0 Å². The SMILES string of the molecule is COc1cccc(CC(N)C2CN(C)CCO2)c1. The maximum Gasteiger partial charge on any atom is 0.119 e. The molecule has 100 valence electrons. The molecule has 4 heteroatoms. The van der Waals surface area contributed by atoms with Crippen LogP contribution in [0, 0.1) is 0 Å². The highest BCUT2D eigenvalue weighted by Crippen LogP contribution is 2.16. The van der Waals surface area contributed by atoms with Crippen molar-refractivity contribution < 1.29 is 9.47 Å². The summed E-state index contributed by atoms with van der Waals surface area (Å²) in [7, 11) is 3.78. The van der Waals surface area contributed by atoms with Crippen LogP contribution in [0.5, 0.6) is 5.75 Å². The second-order valence-electron chi connectivity index (χ2n) is 4.89.